The summed E-state index contributed by atoms with van der Waals surface area (Å²) in [6, 6.07) is 0. The molecule has 2 saturated heterocycles. The fourth-order valence-corrected chi connectivity index (χ4v) is 3.08. The van der Waals surface area contributed by atoms with Crippen molar-refractivity contribution in [3.8, 4) is 0 Å². The van der Waals surface area contributed by atoms with E-state index in [1.165, 1.54) is 0 Å². The maximum Gasteiger partial charge on any atom is 0.254 e. The lowest BCUT2D eigenvalue weighted by molar-refractivity contribution is -0.124. The average molecular weight is 359 g/mol. The van der Waals surface area contributed by atoms with E-state index in [-0.39, 0.29) is 18.9 Å². The highest BCUT2D eigenvalue weighted by Gasteiger charge is 2.28. The second-order valence-corrected chi connectivity index (χ2v) is 6.61. The minimum absolute atomic E-state index is 0.0321. The van der Waals surface area contributed by atoms with Crippen LogP contribution < -0.4 is 15.1 Å². The zero-order valence-corrected chi connectivity index (χ0v) is 14.4. The molecule has 0 aromatic carbocycles. The Morgan fingerprint density at radius 2 is 2.15 bits per heavy atom. The Bertz CT molecular complexity index is 936. The van der Waals surface area contributed by atoms with Crippen LogP contribution in [-0.2, 0) is 9.59 Å². The second kappa shape index (κ2) is 6.04. The van der Waals surface area contributed by atoms with Crippen molar-refractivity contribution >= 4 is 35.4 Å². The van der Waals surface area contributed by atoms with Gasteiger partial charge in [0.15, 0.2) is 5.65 Å². The van der Waals surface area contributed by atoms with Crippen molar-refractivity contribution in [3.63, 3.8) is 0 Å². The number of carbonyl (C=O) groups excluding carboxylic acids is 2. The van der Waals surface area contributed by atoms with Crippen LogP contribution in [0.5, 0.6) is 0 Å². The zero-order valence-electron chi connectivity index (χ0n) is 14.4. The van der Waals surface area contributed by atoms with E-state index in [9.17, 15) is 14.0 Å². The van der Waals surface area contributed by atoms with Crippen LogP contribution in [-0.4, -0.2) is 64.8 Å². The summed E-state index contributed by atoms with van der Waals surface area (Å²) < 4.78 is 15.2. The van der Waals surface area contributed by atoms with Crippen molar-refractivity contribution in [3.05, 3.63) is 17.3 Å². The third-order valence-corrected chi connectivity index (χ3v) is 4.41. The van der Waals surface area contributed by atoms with Crippen LogP contribution >= 0.6 is 0 Å². The summed E-state index contributed by atoms with van der Waals surface area (Å²) in [6.45, 7) is 0.805. The molecular weight excluding hydrogens is 341 g/mol. The molecule has 0 aliphatic carbocycles. The number of halogens is 1. The van der Waals surface area contributed by atoms with E-state index >= 15 is 0 Å². The Labute approximate surface area is 148 Å². The molecule has 10 heteroatoms. The van der Waals surface area contributed by atoms with E-state index in [1.54, 1.807) is 21.7 Å². The predicted octanol–water partition coefficient (Wildman–Crippen LogP) is 0.168. The SMILES string of the molecule is CN(C)c1nc(N2CC[C@@H](F)C2)n2ncc(/C=C3\CC(=O)NC3=O)c2n1. The number of carbonyl (C=O) groups is 2. The third kappa shape index (κ3) is 2.76. The highest BCUT2D eigenvalue weighted by molar-refractivity contribution is 6.15. The first-order chi connectivity index (χ1) is 12.4. The number of hydrogen-bond acceptors (Lipinski definition) is 7. The normalized spacial score (nSPS) is 21.9. The highest BCUT2D eigenvalue weighted by Crippen LogP contribution is 2.25. The van der Waals surface area contributed by atoms with Gasteiger partial charge < -0.3 is 9.80 Å². The maximum absolute atomic E-state index is 13.7. The van der Waals surface area contributed by atoms with E-state index in [2.05, 4.69) is 20.4 Å². The van der Waals surface area contributed by atoms with E-state index in [1.807, 2.05) is 19.0 Å². The number of rotatable bonds is 3. The van der Waals surface area contributed by atoms with Crippen molar-refractivity contribution in [2.45, 2.75) is 19.0 Å². The minimum Gasteiger partial charge on any atom is -0.347 e. The van der Waals surface area contributed by atoms with Crippen LogP contribution in [0.3, 0.4) is 0 Å². The Hall–Kier alpha value is -3.04. The summed E-state index contributed by atoms with van der Waals surface area (Å²) in [4.78, 5) is 35.8. The molecule has 2 aliphatic heterocycles. The van der Waals surface area contributed by atoms with E-state index in [4.69, 9.17) is 0 Å². The highest BCUT2D eigenvalue weighted by atomic mass is 19.1. The van der Waals surface area contributed by atoms with Gasteiger partial charge in [-0.3, -0.25) is 14.9 Å². The molecule has 0 bridgehead atoms. The second-order valence-electron chi connectivity index (χ2n) is 6.61. The summed E-state index contributed by atoms with van der Waals surface area (Å²) in [5, 5.41) is 6.58. The molecule has 136 valence electrons. The fourth-order valence-electron chi connectivity index (χ4n) is 3.08. The average Bonchev–Trinajstić information content (AvgIpc) is 3.27. The molecule has 1 N–H and O–H groups in total. The van der Waals surface area contributed by atoms with Gasteiger partial charge in [0.05, 0.1) is 19.2 Å². The van der Waals surface area contributed by atoms with Crippen LogP contribution in [0, 0.1) is 0 Å². The van der Waals surface area contributed by atoms with Gasteiger partial charge in [-0.1, -0.05) is 0 Å². The van der Waals surface area contributed by atoms with Gasteiger partial charge in [-0.25, -0.2) is 4.39 Å². The maximum atomic E-state index is 13.7. The molecule has 2 aromatic heterocycles. The van der Waals surface area contributed by atoms with Crippen molar-refractivity contribution in [2.24, 2.45) is 0 Å². The van der Waals surface area contributed by atoms with Crippen molar-refractivity contribution in [2.75, 3.05) is 37.0 Å². The quantitative estimate of drug-likeness (QED) is 0.616. The molecule has 4 rings (SSSR count). The number of fused-ring (bicyclic) bond motifs is 1. The van der Waals surface area contributed by atoms with E-state index in [0.717, 1.165) is 0 Å². The minimum atomic E-state index is -0.895. The molecule has 2 aliphatic rings. The molecule has 0 unspecified atom stereocenters. The summed E-state index contributed by atoms with van der Waals surface area (Å²) in [5.41, 5.74) is 1.47. The smallest absolute Gasteiger partial charge is 0.254 e. The number of anilines is 2. The number of amides is 2. The summed E-state index contributed by atoms with van der Waals surface area (Å²) in [6.07, 6.45) is 2.76. The first-order valence-electron chi connectivity index (χ1n) is 8.29. The lowest BCUT2D eigenvalue weighted by Crippen LogP contribution is -2.26. The Morgan fingerprint density at radius 1 is 1.35 bits per heavy atom. The molecular formula is C16H18FN7O2. The lowest BCUT2D eigenvalue weighted by Gasteiger charge is -2.19. The molecule has 2 amide bonds. The van der Waals surface area contributed by atoms with Crippen molar-refractivity contribution < 1.29 is 14.0 Å². The predicted molar refractivity (Wildman–Crippen MR) is 92.6 cm³/mol. The number of nitrogens with one attached hydrogen (secondary N) is 1. The van der Waals surface area contributed by atoms with Crippen LogP contribution in [0.15, 0.2) is 11.8 Å². The van der Waals surface area contributed by atoms with Gasteiger partial charge in [-0.15, -0.1) is 0 Å². The first kappa shape index (κ1) is 16.4. The van der Waals surface area contributed by atoms with Crippen LogP contribution in [0.1, 0.15) is 18.4 Å². The lowest BCUT2D eigenvalue weighted by atomic mass is 10.1. The molecule has 0 radical (unpaired) electrons. The molecule has 2 fully saturated rings. The Kier molecular flexibility index (Phi) is 3.82. The van der Waals surface area contributed by atoms with Gasteiger partial charge in [0, 0.05) is 31.8 Å². The van der Waals surface area contributed by atoms with Gasteiger partial charge in [-0.2, -0.15) is 19.6 Å². The van der Waals surface area contributed by atoms with Crippen LogP contribution in [0.4, 0.5) is 16.3 Å². The molecule has 26 heavy (non-hydrogen) atoms. The fraction of sp³-hybridized carbons (Fsp3) is 0.438. The van der Waals surface area contributed by atoms with E-state index < -0.39 is 12.1 Å². The Balaban J connectivity index is 1.84. The van der Waals surface area contributed by atoms with Crippen molar-refractivity contribution in [1.82, 2.24) is 24.9 Å². The molecule has 0 saturated carbocycles. The van der Waals surface area contributed by atoms with Crippen LogP contribution in [0.2, 0.25) is 0 Å². The zero-order chi connectivity index (χ0) is 18.4. The van der Waals surface area contributed by atoms with E-state index in [0.29, 0.717) is 41.6 Å². The number of aromatic nitrogens is 4. The topological polar surface area (TPSA) is 95.7 Å². The summed E-state index contributed by atoms with van der Waals surface area (Å²) in [7, 11) is 3.63. The molecule has 0 spiro atoms. The van der Waals surface area contributed by atoms with Gasteiger partial charge in [0.1, 0.15) is 6.17 Å². The van der Waals surface area contributed by atoms with Gasteiger partial charge in [0.2, 0.25) is 17.8 Å². The molecule has 2 aromatic rings. The number of hydrogen-bond donors (Lipinski definition) is 1. The number of alkyl halides is 1. The summed E-state index contributed by atoms with van der Waals surface area (Å²) >= 11 is 0. The molecule has 4 heterocycles. The molecule has 9 nitrogen and oxygen atoms in total. The Morgan fingerprint density at radius 3 is 2.77 bits per heavy atom. The van der Waals surface area contributed by atoms with Gasteiger partial charge in [0.25, 0.3) is 5.91 Å². The number of nitrogens with zero attached hydrogens (tertiary/aromatic N) is 6. The van der Waals surface area contributed by atoms with Crippen molar-refractivity contribution in [1.29, 1.82) is 0 Å². The van der Waals surface area contributed by atoms with Crippen LogP contribution in [0.25, 0.3) is 11.7 Å². The van der Waals surface area contributed by atoms with Gasteiger partial charge in [-0.05, 0) is 12.5 Å². The monoisotopic (exact) mass is 359 g/mol. The third-order valence-electron chi connectivity index (χ3n) is 4.41. The number of imide groups is 1. The van der Waals surface area contributed by atoms with Gasteiger partial charge >= 0.3 is 0 Å². The first-order valence-corrected chi connectivity index (χ1v) is 8.29. The standard InChI is InChI=1S/C16H18FN7O2/c1-22(2)15-20-13-10(5-9-6-12(25)19-14(9)26)7-18-24(13)16(21-15)23-4-3-11(17)8-23/h5,7,11H,3-4,6,8H2,1-2H3,(H,19,25,26)/b9-5+/t11-/m1/s1. The molecule has 1 atom stereocenters. The summed E-state index contributed by atoms with van der Waals surface area (Å²) in [5.74, 6) is 0.238. The largest absolute Gasteiger partial charge is 0.347 e.